The van der Waals surface area contributed by atoms with Crippen LogP contribution < -0.4 is 29.6 Å². The molecule has 0 spiro atoms. The Hall–Kier alpha value is -0.511. The van der Waals surface area contributed by atoms with Crippen LogP contribution in [0, 0.1) is 59.2 Å². The van der Waals surface area contributed by atoms with Crippen molar-refractivity contribution in [3.63, 3.8) is 0 Å². The minimum absolute atomic E-state index is 0. The summed E-state index contributed by atoms with van der Waals surface area (Å²) in [4.78, 5) is 0. The van der Waals surface area contributed by atoms with Gasteiger partial charge in [-0.15, -0.1) is 0 Å². The summed E-state index contributed by atoms with van der Waals surface area (Å²) in [5, 5.41) is 31.2. The van der Waals surface area contributed by atoms with Crippen LogP contribution in [0.4, 0.5) is 0 Å². The fraction of sp³-hybridized carbons (Fsp3) is 0. The van der Waals surface area contributed by atoms with Crippen LogP contribution in [0.25, 0.3) is 0 Å². The molecule has 0 saturated carbocycles. The van der Waals surface area contributed by atoms with Crippen LogP contribution in [0.2, 0.25) is 0 Å². The van der Waals surface area contributed by atoms with Gasteiger partial charge in [0.1, 0.15) is 0 Å². The Morgan fingerprint density at radius 2 is 0.385 bits per heavy atom. The minimum Gasteiger partial charge on any atom is -0.512 e. The van der Waals surface area contributed by atoms with Gasteiger partial charge in [0, 0.05) is 0 Å². The minimum atomic E-state index is 0. The maximum absolute atomic E-state index is 6.25. The van der Waals surface area contributed by atoms with Crippen molar-refractivity contribution in [1.82, 2.24) is 0 Å². The van der Waals surface area contributed by atoms with Crippen molar-refractivity contribution in [2.24, 2.45) is 0 Å². The summed E-state index contributed by atoms with van der Waals surface area (Å²) in [6.45, 7) is 23.8. The Kier molecular flexibility index (Phi) is 30500. The van der Waals surface area contributed by atoms with Gasteiger partial charge in [-0.1, -0.05) is 0 Å². The fourth-order valence-electron chi connectivity index (χ4n) is 0. The zero-order chi connectivity index (χ0) is 10.0. The largest absolute Gasteiger partial charge is 2.00 e. The summed E-state index contributed by atoms with van der Waals surface area (Å²) in [7, 11) is 0. The summed E-state index contributed by atoms with van der Waals surface area (Å²) in [6, 6.07) is 0. The maximum atomic E-state index is 6.25. The number of hydrogen-bond acceptors (Lipinski definition) is 5. The molecule has 0 aromatic rings. The summed E-state index contributed by atoms with van der Waals surface area (Å²) in [5.74, 6) is 0. The first-order valence-corrected chi connectivity index (χ1v) is 1.12. The van der Waals surface area contributed by atoms with Gasteiger partial charge in [0.25, 0.3) is 0 Å². The molecule has 13 heavy (non-hydrogen) atoms. The van der Waals surface area contributed by atoms with E-state index in [1.807, 2.05) is 0 Å². The topological polar surface area (TPSA) is 119 Å². The molecule has 5 nitrogen and oxygen atoms in total. The van der Waals surface area contributed by atoms with Crippen LogP contribution >= 0.6 is 0 Å². The van der Waals surface area contributed by atoms with Gasteiger partial charge in [0.15, 0.2) is 0 Å². The van der Waals surface area contributed by atoms with Gasteiger partial charge < -0.3 is 59.2 Å². The molecule has 0 bridgehead atoms. The van der Waals surface area contributed by atoms with Gasteiger partial charge >= 0.3 is 63.7 Å². The molecule has 0 unspecified atom stereocenters. The Bertz CT molecular complexity index is 81.5. The molecule has 0 aromatic heterocycles. The standard InChI is InChI=1S/5CN.2Fe.Na/c5*1-2;;;/q5*-1;2*+2;+1. The number of hydrogen-bond donors (Lipinski definition) is 0. The third kappa shape index (κ3) is 3960. The summed E-state index contributed by atoms with van der Waals surface area (Å²) < 4.78 is 0. The van der Waals surface area contributed by atoms with Crippen LogP contribution in [0.15, 0.2) is 0 Å². The van der Waals surface area contributed by atoms with E-state index < -0.39 is 0 Å². The summed E-state index contributed by atoms with van der Waals surface area (Å²) in [5.41, 5.74) is 0. The molecule has 8 heteroatoms. The SMILES string of the molecule is [C-]#N.[C-]#N.[C-]#N.[C-]#N.[C-]#N.[Fe+2].[Fe+2].[Na+]. The molecular weight excluding hydrogens is 265 g/mol. The number of nitrogens with zero attached hydrogens (tertiary/aromatic N) is 5. The van der Waals surface area contributed by atoms with E-state index in [-0.39, 0.29) is 63.7 Å². The summed E-state index contributed by atoms with van der Waals surface area (Å²) >= 11 is 0. The first-order chi connectivity index (χ1) is 5.00. The van der Waals surface area contributed by atoms with Crippen molar-refractivity contribution in [2.45, 2.75) is 0 Å². The van der Waals surface area contributed by atoms with E-state index in [2.05, 4.69) is 0 Å². The van der Waals surface area contributed by atoms with Crippen LogP contribution in [-0.4, -0.2) is 0 Å². The van der Waals surface area contributed by atoms with Crippen LogP contribution in [0.3, 0.4) is 0 Å². The zero-order valence-corrected chi connectivity index (χ0v) is 10.7. The molecule has 0 aliphatic heterocycles. The maximum Gasteiger partial charge on any atom is 2.00 e. The van der Waals surface area contributed by atoms with Gasteiger partial charge in [-0.25, -0.2) is 0 Å². The van der Waals surface area contributed by atoms with Crippen molar-refractivity contribution in [3.8, 4) is 0 Å². The van der Waals surface area contributed by atoms with E-state index in [0.717, 1.165) is 0 Å². The molecule has 0 saturated heterocycles. The molecule has 0 atom stereocenters. The second-order valence-electron chi connectivity index (χ2n) is 0. The smallest absolute Gasteiger partial charge is 0.512 e. The third-order valence-corrected chi connectivity index (χ3v) is 0. The zero-order valence-electron chi connectivity index (χ0n) is 6.44. The Balaban J connectivity index is -0.00000000379. The Morgan fingerprint density at radius 1 is 0.385 bits per heavy atom. The number of rotatable bonds is 0. The molecule has 0 aromatic carbocycles. The monoisotopic (exact) mass is 265 g/mol. The normalized spacial score (nSPS) is 0.769. The molecule has 0 radical (unpaired) electrons. The molecule has 0 amide bonds. The van der Waals surface area contributed by atoms with Gasteiger partial charge in [-0.05, 0) is 0 Å². The van der Waals surface area contributed by atoms with Gasteiger partial charge in [-0.3, -0.25) is 0 Å². The average Bonchev–Trinajstić information content (AvgIpc) is 2.20. The average molecular weight is 265 g/mol. The first-order valence-electron chi connectivity index (χ1n) is 1.12. The molecule has 0 aliphatic carbocycles. The van der Waals surface area contributed by atoms with Crippen LogP contribution in [0.1, 0.15) is 0 Å². The third-order valence-electron chi connectivity index (χ3n) is 0. The van der Waals surface area contributed by atoms with E-state index >= 15 is 0 Å². The molecular formula is C5Fe2N5Na. The molecule has 0 rings (SSSR count). The van der Waals surface area contributed by atoms with E-state index in [4.69, 9.17) is 59.2 Å². The summed E-state index contributed by atoms with van der Waals surface area (Å²) in [6.07, 6.45) is 0. The molecule has 0 heterocycles. The van der Waals surface area contributed by atoms with Crippen molar-refractivity contribution in [2.75, 3.05) is 0 Å². The van der Waals surface area contributed by atoms with Crippen molar-refractivity contribution in [1.29, 1.82) is 26.3 Å². The Morgan fingerprint density at radius 3 is 0.385 bits per heavy atom. The first kappa shape index (κ1) is 81.8. The Labute approximate surface area is 122 Å². The van der Waals surface area contributed by atoms with Crippen molar-refractivity contribution < 1.29 is 63.7 Å². The van der Waals surface area contributed by atoms with Crippen molar-refractivity contribution in [3.05, 3.63) is 32.9 Å². The van der Waals surface area contributed by atoms with Crippen molar-refractivity contribution >= 4 is 0 Å². The quantitative estimate of drug-likeness (QED) is 0.353. The molecule has 0 fully saturated rings. The second-order valence-corrected chi connectivity index (χ2v) is 0. The van der Waals surface area contributed by atoms with E-state index in [0.29, 0.717) is 0 Å². The molecule has 62 valence electrons. The van der Waals surface area contributed by atoms with E-state index in [1.54, 1.807) is 0 Å². The second kappa shape index (κ2) is 4840. The van der Waals surface area contributed by atoms with Gasteiger partial charge in [0.05, 0.1) is 0 Å². The predicted molar refractivity (Wildman–Crippen MR) is 24.8 cm³/mol. The fourth-order valence-corrected chi connectivity index (χ4v) is 0. The van der Waals surface area contributed by atoms with E-state index in [1.165, 1.54) is 0 Å². The molecule has 0 aliphatic rings. The van der Waals surface area contributed by atoms with Crippen LogP contribution in [0.5, 0.6) is 0 Å². The molecule has 0 N–H and O–H groups in total. The van der Waals surface area contributed by atoms with Crippen LogP contribution in [-0.2, 0) is 34.1 Å². The predicted octanol–water partition coefficient (Wildman–Crippen LogP) is -2.52. The van der Waals surface area contributed by atoms with Gasteiger partial charge in [-0.2, -0.15) is 0 Å². The van der Waals surface area contributed by atoms with Gasteiger partial charge in [0.2, 0.25) is 0 Å². The van der Waals surface area contributed by atoms with E-state index in [9.17, 15) is 0 Å².